The van der Waals surface area contributed by atoms with E-state index in [1.165, 1.54) is 30.1 Å². The van der Waals surface area contributed by atoms with Crippen molar-refractivity contribution in [1.29, 1.82) is 0 Å². The highest BCUT2D eigenvalue weighted by molar-refractivity contribution is 7.18. The predicted molar refractivity (Wildman–Crippen MR) is 167 cm³/mol. The highest BCUT2D eigenvalue weighted by Gasteiger charge is 2.30. The molecule has 1 saturated heterocycles. The number of carbonyl (C=O) groups excluding carboxylic acids is 3. The zero-order valence-electron chi connectivity index (χ0n) is 23.2. The number of rotatable bonds is 9. The highest BCUT2D eigenvalue weighted by atomic mass is 35.5. The number of hydrogen-bond donors (Lipinski definition) is 1. The first kappa shape index (κ1) is 30.1. The quantitative estimate of drug-likeness (QED) is 0.238. The van der Waals surface area contributed by atoms with Crippen LogP contribution >= 0.6 is 34.5 Å². The van der Waals surface area contributed by atoms with Gasteiger partial charge in [0, 0.05) is 44.2 Å². The number of carbonyl (C=O) groups is 3. The van der Waals surface area contributed by atoms with Gasteiger partial charge in [-0.3, -0.25) is 9.59 Å². The van der Waals surface area contributed by atoms with Crippen molar-refractivity contribution in [2.24, 2.45) is 5.92 Å². The van der Waals surface area contributed by atoms with Crippen molar-refractivity contribution in [3.8, 4) is 0 Å². The molecule has 8 nitrogen and oxygen atoms in total. The molecule has 3 aromatic rings. The molecule has 42 heavy (non-hydrogen) atoms. The van der Waals surface area contributed by atoms with Crippen molar-refractivity contribution in [2.75, 3.05) is 20.2 Å². The largest absolute Gasteiger partial charge is 0.467 e. The van der Waals surface area contributed by atoms with Gasteiger partial charge >= 0.3 is 5.97 Å². The van der Waals surface area contributed by atoms with E-state index in [0.29, 0.717) is 47.2 Å². The zero-order chi connectivity index (χ0) is 29.6. The van der Waals surface area contributed by atoms with Crippen LogP contribution in [0, 0.1) is 5.92 Å². The third-order valence-corrected chi connectivity index (χ3v) is 9.56. The summed E-state index contributed by atoms with van der Waals surface area (Å²) in [5.74, 6) is -1.22. The number of imidazole rings is 1. The molecule has 0 spiro atoms. The number of nitrogens with one attached hydrogen (secondary N) is 1. The van der Waals surface area contributed by atoms with Crippen LogP contribution in [0.5, 0.6) is 0 Å². The molecule has 2 amide bonds. The molecular formula is C31H32Cl2N4O4S. The van der Waals surface area contributed by atoms with E-state index in [-0.39, 0.29) is 24.2 Å². The standard InChI is InChI=1S/C31H32Cl2N4O4S/c1-41-31(40)25(16-24-18-36(19-34-24)17-20-5-3-2-4-6-20)35-30(39)21-9-12-37(13-10-21)26(38)8-7-22-15-23-11-14-42-29(23)28(33)27(22)32/h2-3,5,7-8,11,14-15,18-19,21,25H,4,6,9-10,12-13,16-17H2,1H3,(H,35,39)/b8-7+/t25-/m0/s1. The number of fused-ring (bicyclic) bond motifs is 1. The van der Waals surface area contributed by atoms with Crippen molar-refractivity contribution < 1.29 is 19.1 Å². The molecule has 0 unspecified atom stereocenters. The molecule has 220 valence electrons. The minimum atomic E-state index is -0.845. The number of hydrogen-bond acceptors (Lipinski definition) is 6. The lowest BCUT2D eigenvalue weighted by Gasteiger charge is -2.31. The van der Waals surface area contributed by atoms with E-state index in [2.05, 4.69) is 28.5 Å². The van der Waals surface area contributed by atoms with Crippen LogP contribution in [0.3, 0.4) is 0 Å². The normalized spacial score (nSPS) is 16.5. The zero-order valence-corrected chi connectivity index (χ0v) is 25.6. The van der Waals surface area contributed by atoms with E-state index in [0.717, 1.165) is 29.5 Å². The molecule has 1 atom stereocenters. The van der Waals surface area contributed by atoms with Gasteiger partial charge in [0.05, 0.1) is 33.9 Å². The van der Waals surface area contributed by atoms with Gasteiger partial charge in [0.1, 0.15) is 6.04 Å². The molecule has 5 rings (SSSR count). The van der Waals surface area contributed by atoms with E-state index >= 15 is 0 Å². The second-order valence-corrected chi connectivity index (χ2v) is 12.2. The number of allylic oxidation sites excluding steroid dienone is 4. The fourth-order valence-corrected chi connectivity index (χ4v) is 6.71. The fourth-order valence-electron chi connectivity index (χ4n) is 5.27. The second-order valence-electron chi connectivity index (χ2n) is 10.5. The topological polar surface area (TPSA) is 93.5 Å². The number of likely N-dealkylation sites (tertiary alicyclic amines) is 1. The molecule has 0 saturated carbocycles. The van der Waals surface area contributed by atoms with Gasteiger partial charge in [0.25, 0.3) is 0 Å². The van der Waals surface area contributed by atoms with Gasteiger partial charge in [-0.1, -0.05) is 47.0 Å². The number of esters is 1. The van der Waals surface area contributed by atoms with Crippen LogP contribution in [-0.2, 0) is 32.1 Å². The van der Waals surface area contributed by atoms with Crippen LogP contribution in [0.1, 0.15) is 36.9 Å². The molecule has 1 aliphatic carbocycles. The van der Waals surface area contributed by atoms with Gasteiger partial charge in [-0.2, -0.15) is 0 Å². The van der Waals surface area contributed by atoms with Gasteiger partial charge in [-0.15, -0.1) is 11.3 Å². The SMILES string of the molecule is COC(=O)[C@H](Cc1cn(CC2=CC=CCC2)cn1)NC(=O)C1CCN(C(=O)/C=C/c2cc3ccsc3c(Cl)c2Cl)CC1. The van der Waals surface area contributed by atoms with Crippen LogP contribution in [-0.4, -0.2) is 58.5 Å². The van der Waals surface area contributed by atoms with Crippen molar-refractivity contribution in [1.82, 2.24) is 19.8 Å². The van der Waals surface area contributed by atoms with Gasteiger partial charge in [-0.05, 0) is 60.2 Å². The van der Waals surface area contributed by atoms with Gasteiger partial charge < -0.3 is 19.5 Å². The summed E-state index contributed by atoms with van der Waals surface area (Å²) < 4.78 is 7.87. The summed E-state index contributed by atoms with van der Waals surface area (Å²) in [6.45, 7) is 1.60. The fraction of sp³-hybridized carbons (Fsp3) is 0.355. The Morgan fingerprint density at radius 2 is 2.05 bits per heavy atom. The maximum absolute atomic E-state index is 13.1. The van der Waals surface area contributed by atoms with E-state index in [1.54, 1.807) is 17.3 Å². The van der Waals surface area contributed by atoms with Gasteiger partial charge in [0.2, 0.25) is 11.8 Å². The van der Waals surface area contributed by atoms with Crippen LogP contribution in [0.15, 0.2) is 59.9 Å². The Hall–Kier alpha value is -3.40. The number of amides is 2. The monoisotopic (exact) mass is 626 g/mol. The van der Waals surface area contributed by atoms with Gasteiger partial charge in [0.15, 0.2) is 0 Å². The summed E-state index contributed by atoms with van der Waals surface area (Å²) in [5, 5.41) is 6.68. The van der Waals surface area contributed by atoms with E-state index in [1.807, 2.05) is 28.3 Å². The van der Waals surface area contributed by atoms with Crippen LogP contribution < -0.4 is 5.32 Å². The number of methoxy groups -OCH3 is 1. The Balaban J connectivity index is 1.14. The maximum Gasteiger partial charge on any atom is 0.328 e. The lowest BCUT2D eigenvalue weighted by Crippen LogP contribution is -2.48. The molecule has 11 heteroatoms. The van der Waals surface area contributed by atoms with Crippen molar-refractivity contribution >= 4 is 68.5 Å². The Bertz CT molecular complexity index is 1570. The first-order valence-electron chi connectivity index (χ1n) is 13.9. The average Bonchev–Trinajstić information content (AvgIpc) is 3.67. The summed E-state index contributed by atoms with van der Waals surface area (Å²) in [6, 6.07) is 3.03. The minimum absolute atomic E-state index is 0.158. The second kappa shape index (κ2) is 13.7. The number of aromatic nitrogens is 2. The van der Waals surface area contributed by atoms with Crippen molar-refractivity contribution in [2.45, 2.75) is 44.7 Å². The van der Waals surface area contributed by atoms with Gasteiger partial charge in [-0.25, -0.2) is 9.78 Å². The van der Waals surface area contributed by atoms with Crippen molar-refractivity contribution in [3.63, 3.8) is 0 Å². The Morgan fingerprint density at radius 3 is 2.79 bits per heavy atom. The third-order valence-electron chi connectivity index (χ3n) is 7.62. The van der Waals surface area contributed by atoms with Crippen molar-refractivity contribution in [3.05, 3.63) is 81.2 Å². The highest BCUT2D eigenvalue weighted by Crippen LogP contribution is 2.37. The molecule has 1 aromatic carbocycles. The Morgan fingerprint density at radius 1 is 1.24 bits per heavy atom. The lowest BCUT2D eigenvalue weighted by molar-refractivity contribution is -0.145. The first-order valence-corrected chi connectivity index (χ1v) is 15.5. The van der Waals surface area contributed by atoms with Crippen LogP contribution in [0.25, 0.3) is 16.2 Å². The number of piperidine rings is 1. The Kier molecular flexibility index (Phi) is 9.82. The molecule has 2 aromatic heterocycles. The number of thiophene rings is 1. The number of ether oxygens (including phenoxy) is 1. The molecule has 3 heterocycles. The van der Waals surface area contributed by atoms with Crippen LogP contribution in [0.2, 0.25) is 10.0 Å². The number of benzene rings is 1. The Labute approximate surface area is 258 Å². The maximum atomic E-state index is 13.1. The number of halogens is 2. The molecule has 0 radical (unpaired) electrons. The average molecular weight is 628 g/mol. The summed E-state index contributed by atoms with van der Waals surface area (Å²) in [7, 11) is 1.31. The minimum Gasteiger partial charge on any atom is -0.467 e. The predicted octanol–water partition coefficient (Wildman–Crippen LogP) is 5.83. The summed E-state index contributed by atoms with van der Waals surface area (Å²) >= 11 is 14.4. The summed E-state index contributed by atoms with van der Waals surface area (Å²) in [5.41, 5.74) is 2.69. The first-order chi connectivity index (χ1) is 20.3. The molecule has 0 bridgehead atoms. The van der Waals surface area contributed by atoms with E-state index in [4.69, 9.17) is 27.9 Å². The molecular weight excluding hydrogens is 595 g/mol. The third kappa shape index (κ3) is 7.14. The molecule has 1 fully saturated rings. The molecule has 1 aliphatic heterocycles. The smallest absolute Gasteiger partial charge is 0.328 e. The van der Waals surface area contributed by atoms with E-state index < -0.39 is 12.0 Å². The number of nitrogens with zero attached hydrogens (tertiary/aromatic N) is 3. The van der Waals surface area contributed by atoms with Crippen LogP contribution in [0.4, 0.5) is 0 Å². The molecule has 2 aliphatic rings. The lowest BCUT2D eigenvalue weighted by atomic mass is 9.95. The van der Waals surface area contributed by atoms with E-state index in [9.17, 15) is 14.4 Å². The summed E-state index contributed by atoms with van der Waals surface area (Å²) in [6.07, 6.45) is 16.4. The molecule has 1 N–H and O–H groups in total. The summed E-state index contributed by atoms with van der Waals surface area (Å²) in [4.78, 5) is 44.7.